The molecule has 7 heteroatoms. The first-order valence-electron chi connectivity index (χ1n) is 5.91. The molecule has 6 nitrogen and oxygen atoms in total. The Morgan fingerprint density at radius 1 is 1.19 bits per heavy atom. The van der Waals surface area contributed by atoms with E-state index in [0.29, 0.717) is 11.6 Å². The van der Waals surface area contributed by atoms with Crippen LogP contribution < -0.4 is 0 Å². The van der Waals surface area contributed by atoms with Crippen LogP contribution in [0.1, 0.15) is 22.3 Å². The molecule has 1 aromatic carbocycles. The van der Waals surface area contributed by atoms with Crippen LogP contribution in [-0.4, -0.2) is 31.7 Å². The molecule has 1 heterocycles. The van der Waals surface area contributed by atoms with E-state index >= 15 is 0 Å². The Morgan fingerprint density at radius 2 is 1.86 bits per heavy atom. The average Bonchev–Trinajstić information content (AvgIpc) is 2.96. The molecule has 2 rings (SSSR count). The van der Waals surface area contributed by atoms with Crippen molar-refractivity contribution in [3.8, 4) is 0 Å². The maximum absolute atomic E-state index is 14.4. The Kier molecular flexibility index (Phi) is 4.13. The number of aliphatic hydroxyl groups is 1. The summed E-state index contributed by atoms with van der Waals surface area (Å²) >= 11 is 0. The van der Waals surface area contributed by atoms with E-state index in [-0.39, 0.29) is 5.69 Å². The molecule has 0 aliphatic carbocycles. The number of aliphatic hydroxyl groups excluding tert-OH is 1. The van der Waals surface area contributed by atoms with Gasteiger partial charge >= 0.3 is 5.97 Å². The summed E-state index contributed by atoms with van der Waals surface area (Å²) in [7, 11) is 0. The molecule has 1 unspecified atom stereocenters. The third-order valence-electron chi connectivity index (χ3n) is 2.70. The van der Waals surface area contributed by atoms with Crippen LogP contribution in [0.25, 0.3) is 0 Å². The fraction of sp³-hybridized carbons (Fsp3) is 0.0714. The van der Waals surface area contributed by atoms with Crippen molar-refractivity contribution < 1.29 is 24.2 Å². The van der Waals surface area contributed by atoms with Gasteiger partial charge in [-0.15, -0.1) is 0 Å². The van der Waals surface area contributed by atoms with Crippen molar-refractivity contribution in [2.45, 2.75) is 6.30 Å². The lowest BCUT2D eigenvalue weighted by atomic mass is 10.2. The van der Waals surface area contributed by atoms with Crippen molar-refractivity contribution in [3.63, 3.8) is 0 Å². The minimum Gasteiger partial charge on any atom is -0.502 e. The van der Waals surface area contributed by atoms with Gasteiger partial charge in [0.2, 0.25) is 17.8 Å². The van der Waals surface area contributed by atoms with Crippen molar-refractivity contribution in [2.24, 2.45) is 0 Å². The Balaban J connectivity index is 2.33. The van der Waals surface area contributed by atoms with Gasteiger partial charge in [-0.3, -0.25) is 4.79 Å². The standard InChI is InChI=1S/C14H11FN2O4/c15-13(9-4-2-1-3-5-9)17-10(6-7-16-17)11(18)8-12(19)14(20)21/h1-8,13,19H,(H,20,21). The zero-order valence-electron chi connectivity index (χ0n) is 10.7. The topological polar surface area (TPSA) is 92.4 Å². The average molecular weight is 290 g/mol. The number of allylic oxidation sites excluding steroid dienone is 1. The molecule has 2 aromatic rings. The van der Waals surface area contributed by atoms with E-state index in [2.05, 4.69) is 5.10 Å². The maximum atomic E-state index is 14.4. The highest BCUT2D eigenvalue weighted by molar-refractivity contribution is 6.06. The number of rotatable bonds is 5. The maximum Gasteiger partial charge on any atom is 0.371 e. The van der Waals surface area contributed by atoms with E-state index in [0.717, 1.165) is 4.68 Å². The predicted octanol–water partition coefficient (Wildman–Crippen LogP) is 2.11. The van der Waals surface area contributed by atoms with Gasteiger partial charge < -0.3 is 10.2 Å². The number of halogens is 1. The number of ketones is 1. The number of carbonyl (C=O) groups excluding carboxylic acids is 1. The second kappa shape index (κ2) is 6.00. The molecule has 0 aliphatic rings. The molecule has 2 N–H and O–H groups in total. The fourth-order valence-electron chi connectivity index (χ4n) is 1.70. The van der Waals surface area contributed by atoms with E-state index in [4.69, 9.17) is 10.2 Å². The van der Waals surface area contributed by atoms with Gasteiger partial charge in [-0.2, -0.15) is 5.10 Å². The highest BCUT2D eigenvalue weighted by Gasteiger charge is 2.20. The Labute approximate surface area is 118 Å². The molecule has 0 saturated heterocycles. The van der Waals surface area contributed by atoms with Crippen molar-refractivity contribution in [3.05, 3.63) is 65.7 Å². The number of aliphatic carboxylic acids is 1. The second-order valence-corrected chi connectivity index (χ2v) is 4.11. The van der Waals surface area contributed by atoms with E-state index in [1.807, 2.05) is 0 Å². The van der Waals surface area contributed by atoms with Crippen molar-refractivity contribution in [1.29, 1.82) is 0 Å². The van der Waals surface area contributed by atoms with Gasteiger partial charge in [-0.05, 0) is 6.07 Å². The molecular weight excluding hydrogens is 279 g/mol. The molecule has 0 spiro atoms. The fourth-order valence-corrected chi connectivity index (χ4v) is 1.70. The molecule has 0 radical (unpaired) electrons. The van der Waals surface area contributed by atoms with Crippen LogP contribution in [0.2, 0.25) is 0 Å². The zero-order valence-corrected chi connectivity index (χ0v) is 10.7. The number of carbonyl (C=O) groups is 2. The van der Waals surface area contributed by atoms with Crippen LogP contribution in [0.4, 0.5) is 4.39 Å². The molecule has 0 aliphatic heterocycles. The smallest absolute Gasteiger partial charge is 0.371 e. The van der Waals surface area contributed by atoms with Gasteiger partial charge in [0.15, 0.2) is 0 Å². The van der Waals surface area contributed by atoms with Crippen LogP contribution in [-0.2, 0) is 4.79 Å². The monoisotopic (exact) mass is 290 g/mol. The van der Waals surface area contributed by atoms with Gasteiger partial charge in [0.05, 0.1) is 0 Å². The third kappa shape index (κ3) is 3.14. The first-order valence-corrected chi connectivity index (χ1v) is 5.91. The lowest BCUT2D eigenvalue weighted by Crippen LogP contribution is -2.14. The molecule has 0 fully saturated rings. The van der Waals surface area contributed by atoms with E-state index in [1.54, 1.807) is 18.2 Å². The summed E-state index contributed by atoms with van der Waals surface area (Å²) in [4.78, 5) is 22.3. The lowest BCUT2D eigenvalue weighted by Gasteiger charge is -2.11. The Hall–Kier alpha value is -2.96. The summed E-state index contributed by atoms with van der Waals surface area (Å²) in [5.74, 6) is -3.62. The van der Waals surface area contributed by atoms with Crippen molar-refractivity contribution >= 4 is 11.8 Å². The van der Waals surface area contributed by atoms with Gasteiger partial charge in [0.1, 0.15) is 5.69 Å². The summed E-state index contributed by atoms with van der Waals surface area (Å²) in [5, 5.41) is 21.3. The Morgan fingerprint density at radius 3 is 2.48 bits per heavy atom. The van der Waals surface area contributed by atoms with E-state index in [1.165, 1.54) is 24.4 Å². The highest BCUT2D eigenvalue weighted by atomic mass is 19.1. The molecule has 21 heavy (non-hydrogen) atoms. The van der Waals surface area contributed by atoms with Gasteiger partial charge in [0.25, 0.3) is 0 Å². The number of nitrogens with zero attached hydrogens (tertiary/aromatic N) is 2. The molecule has 0 saturated carbocycles. The minimum atomic E-state index is -1.69. The van der Waals surface area contributed by atoms with Crippen LogP contribution in [0.15, 0.2) is 54.4 Å². The zero-order chi connectivity index (χ0) is 15.4. The normalized spacial score (nSPS) is 12.9. The lowest BCUT2D eigenvalue weighted by molar-refractivity contribution is -0.135. The van der Waals surface area contributed by atoms with E-state index < -0.39 is 23.8 Å². The number of benzene rings is 1. The number of carboxylic acids is 1. The molecular formula is C14H11FN2O4. The first-order chi connectivity index (χ1) is 10.0. The second-order valence-electron chi connectivity index (χ2n) is 4.11. The summed E-state index contributed by atoms with van der Waals surface area (Å²) in [5.41, 5.74) is 0.126. The number of alkyl halides is 1. The largest absolute Gasteiger partial charge is 0.502 e. The number of hydrogen-bond acceptors (Lipinski definition) is 4. The Bertz CT molecular complexity index is 694. The minimum absolute atomic E-state index is 0.167. The number of carboxylic acid groups (broad SMARTS) is 1. The number of aromatic nitrogens is 2. The first kappa shape index (κ1) is 14.4. The third-order valence-corrected chi connectivity index (χ3v) is 2.70. The number of hydrogen-bond donors (Lipinski definition) is 2. The highest BCUT2D eigenvalue weighted by Crippen LogP contribution is 2.21. The summed E-state index contributed by atoms with van der Waals surface area (Å²) in [6.45, 7) is 0. The van der Waals surface area contributed by atoms with Crippen molar-refractivity contribution in [2.75, 3.05) is 0 Å². The van der Waals surface area contributed by atoms with Gasteiger partial charge in [-0.1, -0.05) is 30.3 Å². The quantitative estimate of drug-likeness (QED) is 0.500. The van der Waals surface area contributed by atoms with Crippen LogP contribution in [0, 0.1) is 0 Å². The SMILES string of the molecule is O=C(O)C(O)=CC(=O)c1ccnn1C(F)c1ccccc1. The predicted molar refractivity (Wildman–Crippen MR) is 70.6 cm³/mol. The van der Waals surface area contributed by atoms with Gasteiger partial charge in [0, 0.05) is 17.8 Å². The molecule has 0 bridgehead atoms. The van der Waals surface area contributed by atoms with Crippen LogP contribution >= 0.6 is 0 Å². The molecule has 1 atom stereocenters. The van der Waals surface area contributed by atoms with Crippen molar-refractivity contribution in [1.82, 2.24) is 9.78 Å². The summed E-state index contributed by atoms with van der Waals surface area (Å²) in [6, 6.07) is 9.31. The van der Waals surface area contributed by atoms with Gasteiger partial charge in [-0.25, -0.2) is 13.9 Å². The van der Waals surface area contributed by atoms with E-state index in [9.17, 15) is 14.0 Å². The summed E-state index contributed by atoms with van der Waals surface area (Å²) < 4.78 is 15.2. The molecule has 108 valence electrons. The van der Waals surface area contributed by atoms with Crippen LogP contribution in [0.5, 0.6) is 0 Å². The molecule has 1 aromatic heterocycles. The van der Waals surface area contributed by atoms with Crippen LogP contribution in [0.3, 0.4) is 0 Å². The summed E-state index contributed by atoms with van der Waals surface area (Å²) in [6.07, 6.45) is 0.0302. The molecule has 0 amide bonds.